The van der Waals surface area contributed by atoms with Gasteiger partial charge in [0.2, 0.25) is 0 Å². The van der Waals surface area contributed by atoms with Crippen molar-refractivity contribution >= 4 is 23.5 Å². The maximum atomic E-state index is 2.23. The average molecular weight is 359 g/mol. The van der Waals surface area contributed by atoms with Crippen molar-refractivity contribution in [2.24, 2.45) is 0 Å². The molecule has 0 aliphatic heterocycles. The van der Waals surface area contributed by atoms with E-state index in [-0.39, 0.29) is 0 Å². The maximum Gasteiger partial charge on any atom is 0.0184 e. The van der Waals surface area contributed by atoms with E-state index in [9.17, 15) is 0 Å². The summed E-state index contributed by atoms with van der Waals surface area (Å²) in [4.78, 5) is 0. The van der Waals surface area contributed by atoms with E-state index in [1.165, 1.54) is 72.7 Å². The molecule has 0 atom stereocenters. The maximum absolute atomic E-state index is 2.23. The van der Waals surface area contributed by atoms with Crippen LogP contribution in [0.25, 0.3) is 0 Å². The second-order valence-electron chi connectivity index (χ2n) is 6.20. The lowest BCUT2D eigenvalue weighted by atomic mass is 10.1. The lowest BCUT2D eigenvalue weighted by Gasteiger charge is -2.04. The van der Waals surface area contributed by atoms with Crippen molar-refractivity contribution in [3.63, 3.8) is 0 Å². The van der Waals surface area contributed by atoms with Crippen LogP contribution < -0.4 is 0 Å². The molecule has 2 heteroatoms. The summed E-state index contributed by atoms with van der Waals surface area (Å²) in [5, 5.41) is 0. The first-order valence-corrected chi connectivity index (χ1v) is 11.5. The summed E-state index contributed by atoms with van der Waals surface area (Å²) in [5.41, 5.74) is 2.91. The van der Waals surface area contributed by atoms with Gasteiger partial charge in [0.05, 0.1) is 0 Å². The molecule has 0 fully saturated rings. The van der Waals surface area contributed by atoms with Crippen LogP contribution in [0.3, 0.4) is 0 Å². The normalized spacial score (nSPS) is 10.8. The molecule has 0 heterocycles. The van der Waals surface area contributed by atoms with E-state index in [4.69, 9.17) is 0 Å². The van der Waals surface area contributed by atoms with E-state index in [1.807, 2.05) is 0 Å². The molecule has 0 aliphatic carbocycles. The zero-order chi connectivity index (χ0) is 16.7. The third-order valence-electron chi connectivity index (χ3n) is 4.05. The van der Waals surface area contributed by atoms with E-state index in [0.717, 1.165) is 0 Å². The first kappa shape index (κ1) is 19.5. The van der Waals surface area contributed by atoms with Crippen molar-refractivity contribution in [1.29, 1.82) is 0 Å². The number of hydrogen-bond donors (Lipinski definition) is 0. The topological polar surface area (TPSA) is 0 Å². The molecule has 2 rings (SSSR count). The standard InChI is InChI=1S/C22H30S2/c1(3-11-17-23-19-21-13-7-5-8-14-21)2-4-12-18-24-20-22-15-9-6-10-16-22/h5-10,13-16H,1-4,11-12,17-20H2. The Balaban J connectivity index is 1.32. The Bertz CT molecular complexity index is 461. The van der Waals surface area contributed by atoms with Crippen LogP contribution in [0.5, 0.6) is 0 Å². The Morgan fingerprint density at radius 1 is 0.458 bits per heavy atom. The highest BCUT2D eigenvalue weighted by Gasteiger charge is 1.96. The fourth-order valence-electron chi connectivity index (χ4n) is 2.64. The zero-order valence-electron chi connectivity index (χ0n) is 14.7. The molecule has 0 aliphatic rings. The molecule has 0 radical (unpaired) electrons. The first-order chi connectivity index (χ1) is 11.9. The molecule has 2 aromatic rings. The predicted octanol–water partition coefficient (Wildman–Crippen LogP) is 7.19. The molecule has 0 saturated carbocycles. The summed E-state index contributed by atoms with van der Waals surface area (Å²) in [7, 11) is 0. The molecule has 0 N–H and O–H groups in total. The fraction of sp³-hybridized carbons (Fsp3) is 0.455. The van der Waals surface area contributed by atoms with Crippen molar-refractivity contribution in [2.45, 2.75) is 50.0 Å². The quantitative estimate of drug-likeness (QED) is 0.347. The Hall–Kier alpha value is -0.860. The van der Waals surface area contributed by atoms with E-state index in [2.05, 4.69) is 84.2 Å². The minimum absolute atomic E-state index is 1.17. The van der Waals surface area contributed by atoms with Gasteiger partial charge in [0, 0.05) is 11.5 Å². The van der Waals surface area contributed by atoms with Crippen molar-refractivity contribution in [3.8, 4) is 0 Å². The van der Waals surface area contributed by atoms with Crippen LogP contribution in [0.1, 0.15) is 49.7 Å². The van der Waals surface area contributed by atoms with Crippen LogP contribution in [0, 0.1) is 0 Å². The molecule has 0 nitrogen and oxygen atoms in total. The van der Waals surface area contributed by atoms with Gasteiger partial charge in [-0.1, -0.05) is 86.3 Å². The molecular weight excluding hydrogens is 328 g/mol. The van der Waals surface area contributed by atoms with E-state index in [1.54, 1.807) is 0 Å². The number of thioether (sulfide) groups is 2. The lowest BCUT2D eigenvalue weighted by molar-refractivity contribution is 0.629. The van der Waals surface area contributed by atoms with Gasteiger partial charge in [-0.15, -0.1) is 0 Å². The van der Waals surface area contributed by atoms with Gasteiger partial charge in [-0.2, -0.15) is 23.5 Å². The van der Waals surface area contributed by atoms with Crippen LogP contribution in [-0.4, -0.2) is 11.5 Å². The molecule has 130 valence electrons. The highest BCUT2D eigenvalue weighted by atomic mass is 32.2. The largest absolute Gasteiger partial charge is 0.157 e. The highest BCUT2D eigenvalue weighted by Crippen LogP contribution is 2.17. The SMILES string of the molecule is c1ccc(CSCCCCCCCCSCc2ccccc2)cc1. The molecule has 0 unspecified atom stereocenters. The minimum atomic E-state index is 1.17. The van der Waals surface area contributed by atoms with Gasteiger partial charge in [-0.3, -0.25) is 0 Å². The van der Waals surface area contributed by atoms with Gasteiger partial charge in [-0.05, 0) is 35.5 Å². The minimum Gasteiger partial charge on any atom is -0.157 e. The number of benzene rings is 2. The molecule has 0 spiro atoms. The molecule has 0 bridgehead atoms. The van der Waals surface area contributed by atoms with Crippen molar-refractivity contribution in [1.82, 2.24) is 0 Å². The lowest BCUT2D eigenvalue weighted by Crippen LogP contribution is -1.87. The van der Waals surface area contributed by atoms with E-state index in [0.29, 0.717) is 0 Å². The van der Waals surface area contributed by atoms with Crippen LogP contribution in [-0.2, 0) is 11.5 Å². The average Bonchev–Trinajstić information content (AvgIpc) is 2.64. The molecule has 0 amide bonds. The second-order valence-corrected chi connectivity index (χ2v) is 8.41. The zero-order valence-corrected chi connectivity index (χ0v) is 16.3. The Kier molecular flexibility index (Phi) is 10.9. The molecule has 0 saturated heterocycles. The summed E-state index contributed by atoms with van der Waals surface area (Å²) in [6.07, 6.45) is 8.38. The summed E-state index contributed by atoms with van der Waals surface area (Å²) in [6.45, 7) is 0. The van der Waals surface area contributed by atoms with Gasteiger partial charge < -0.3 is 0 Å². The Morgan fingerprint density at radius 2 is 0.833 bits per heavy atom. The van der Waals surface area contributed by atoms with Crippen molar-refractivity contribution in [3.05, 3.63) is 71.8 Å². The Morgan fingerprint density at radius 3 is 1.25 bits per heavy atom. The van der Waals surface area contributed by atoms with Crippen LogP contribution in [0.2, 0.25) is 0 Å². The number of hydrogen-bond acceptors (Lipinski definition) is 2. The van der Waals surface area contributed by atoms with E-state index < -0.39 is 0 Å². The van der Waals surface area contributed by atoms with Crippen LogP contribution in [0.4, 0.5) is 0 Å². The van der Waals surface area contributed by atoms with Crippen LogP contribution >= 0.6 is 23.5 Å². The summed E-state index contributed by atoms with van der Waals surface area (Å²) in [6, 6.07) is 21.6. The monoisotopic (exact) mass is 358 g/mol. The number of unbranched alkanes of at least 4 members (excludes halogenated alkanes) is 5. The second kappa shape index (κ2) is 13.4. The molecule has 0 aromatic heterocycles. The predicted molar refractivity (Wildman–Crippen MR) is 113 cm³/mol. The number of rotatable bonds is 13. The third kappa shape index (κ3) is 9.44. The summed E-state index contributed by atoms with van der Waals surface area (Å²) >= 11 is 4.15. The first-order valence-electron chi connectivity index (χ1n) is 9.18. The molecule has 24 heavy (non-hydrogen) atoms. The van der Waals surface area contributed by atoms with Crippen molar-refractivity contribution < 1.29 is 0 Å². The molecular formula is C22H30S2. The fourth-order valence-corrected chi connectivity index (χ4v) is 4.61. The van der Waals surface area contributed by atoms with Crippen LogP contribution in [0.15, 0.2) is 60.7 Å². The van der Waals surface area contributed by atoms with Gasteiger partial charge in [0.15, 0.2) is 0 Å². The van der Waals surface area contributed by atoms with Gasteiger partial charge in [0.1, 0.15) is 0 Å². The highest BCUT2D eigenvalue weighted by molar-refractivity contribution is 7.98. The van der Waals surface area contributed by atoms with Gasteiger partial charge in [0.25, 0.3) is 0 Å². The van der Waals surface area contributed by atoms with Crippen molar-refractivity contribution in [2.75, 3.05) is 11.5 Å². The van der Waals surface area contributed by atoms with Gasteiger partial charge >= 0.3 is 0 Å². The summed E-state index contributed by atoms with van der Waals surface area (Å²) in [5.74, 6) is 4.95. The summed E-state index contributed by atoms with van der Waals surface area (Å²) < 4.78 is 0. The smallest absolute Gasteiger partial charge is 0.0184 e. The Labute approximate surface area is 156 Å². The van der Waals surface area contributed by atoms with Gasteiger partial charge in [-0.25, -0.2) is 0 Å². The molecule has 2 aromatic carbocycles. The third-order valence-corrected chi connectivity index (χ3v) is 6.28. The van der Waals surface area contributed by atoms with E-state index >= 15 is 0 Å².